The summed E-state index contributed by atoms with van der Waals surface area (Å²) in [5.41, 5.74) is 7.40. The number of benzene rings is 2. The van der Waals surface area contributed by atoms with Crippen molar-refractivity contribution in [2.75, 3.05) is 11.0 Å². The third kappa shape index (κ3) is 2.30. The molecule has 2 aromatic rings. The molecule has 0 radical (unpaired) electrons. The van der Waals surface area contributed by atoms with Crippen molar-refractivity contribution in [3.8, 4) is 0 Å². The third-order valence-electron chi connectivity index (χ3n) is 4.63. The highest BCUT2D eigenvalue weighted by Gasteiger charge is 2.27. The Morgan fingerprint density at radius 1 is 1.00 bits per heavy atom. The van der Waals surface area contributed by atoms with Crippen LogP contribution in [-0.2, 0) is 13.0 Å². The van der Waals surface area contributed by atoms with Crippen molar-refractivity contribution in [3.05, 3.63) is 76.9 Å². The first-order valence-corrected chi connectivity index (χ1v) is 9.08. The summed E-state index contributed by atoms with van der Waals surface area (Å²) in [6, 6.07) is 17.8. The maximum absolute atomic E-state index is 2.56. The molecule has 0 aromatic heterocycles. The number of hydrogen-bond donors (Lipinski definition) is 0. The first-order valence-electron chi connectivity index (χ1n) is 7.55. The zero-order valence-electron chi connectivity index (χ0n) is 11.9. The minimum absolute atomic E-state index is 0.578. The molecule has 106 valence electrons. The molecule has 1 nitrogen and oxygen atoms in total. The van der Waals surface area contributed by atoms with E-state index in [9.17, 15) is 0 Å². The fraction of sp³-hybridized carbons (Fsp3) is 0.263. The van der Waals surface area contributed by atoms with Gasteiger partial charge in [0.05, 0.1) is 0 Å². The van der Waals surface area contributed by atoms with E-state index < -0.39 is 0 Å². The van der Waals surface area contributed by atoms with E-state index >= 15 is 0 Å². The van der Waals surface area contributed by atoms with Crippen LogP contribution in [0.1, 0.15) is 28.2 Å². The van der Waals surface area contributed by atoms with Crippen LogP contribution in [-0.4, -0.2) is 15.9 Å². The van der Waals surface area contributed by atoms with Crippen LogP contribution in [0.5, 0.6) is 0 Å². The van der Waals surface area contributed by atoms with Crippen LogP contribution in [0.3, 0.4) is 0 Å². The summed E-state index contributed by atoms with van der Waals surface area (Å²) >= 11 is 2.50. The maximum atomic E-state index is 2.56. The zero-order valence-corrected chi connectivity index (χ0v) is 14.1. The number of rotatable bonds is 2. The summed E-state index contributed by atoms with van der Waals surface area (Å²) in [5.74, 6) is 0.578. The van der Waals surface area contributed by atoms with Gasteiger partial charge in [0.1, 0.15) is 0 Å². The first kappa shape index (κ1) is 13.4. The van der Waals surface area contributed by atoms with Gasteiger partial charge in [0, 0.05) is 34.7 Å². The lowest BCUT2D eigenvalue weighted by Crippen LogP contribution is -2.28. The minimum Gasteiger partial charge on any atom is -0.367 e. The van der Waals surface area contributed by atoms with E-state index in [2.05, 4.69) is 82.1 Å². The van der Waals surface area contributed by atoms with Gasteiger partial charge in [0.2, 0.25) is 0 Å². The molecule has 1 aliphatic heterocycles. The van der Waals surface area contributed by atoms with E-state index in [-0.39, 0.29) is 0 Å². The van der Waals surface area contributed by atoms with Gasteiger partial charge in [-0.05, 0) is 23.1 Å². The van der Waals surface area contributed by atoms with E-state index in [0.29, 0.717) is 5.92 Å². The Morgan fingerprint density at radius 2 is 1.76 bits per heavy atom. The van der Waals surface area contributed by atoms with Crippen molar-refractivity contribution < 1.29 is 0 Å². The average molecular weight is 387 g/mol. The first-order chi connectivity index (χ1) is 10.4. The van der Waals surface area contributed by atoms with Gasteiger partial charge in [0.25, 0.3) is 0 Å². The molecule has 1 unspecified atom stereocenters. The lowest BCUT2D eigenvalue weighted by Gasteiger charge is -2.32. The highest BCUT2D eigenvalue weighted by Crippen LogP contribution is 2.40. The van der Waals surface area contributed by atoms with Gasteiger partial charge in [-0.25, -0.2) is 0 Å². The topological polar surface area (TPSA) is 3.24 Å². The zero-order chi connectivity index (χ0) is 14.2. The van der Waals surface area contributed by atoms with Crippen LogP contribution in [0.4, 0.5) is 0 Å². The fourth-order valence-corrected chi connectivity index (χ4v) is 4.26. The summed E-state index contributed by atoms with van der Waals surface area (Å²) in [7, 11) is 0. The molecular formula is C19H18IN. The molecule has 2 aromatic carbocycles. The van der Waals surface area contributed by atoms with Crippen molar-refractivity contribution in [1.29, 1.82) is 0 Å². The van der Waals surface area contributed by atoms with Crippen LogP contribution in [0.15, 0.2) is 54.6 Å². The van der Waals surface area contributed by atoms with Crippen LogP contribution in [0.2, 0.25) is 0 Å². The molecule has 0 amide bonds. The van der Waals surface area contributed by atoms with E-state index in [1.165, 1.54) is 28.0 Å². The maximum Gasteiger partial charge on any atom is 0.0432 e. The molecule has 0 bridgehead atoms. The Labute approximate surface area is 139 Å². The van der Waals surface area contributed by atoms with Gasteiger partial charge in [-0.2, -0.15) is 0 Å². The van der Waals surface area contributed by atoms with Gasteiger partial charge in [-0.3, -0.25) is 0 Å². The molecular weight excluding hydrogens is 369 g/mol. The number of allylic oxidation sites excluding steroid dienone is 1. The monoisotopic (exact) mass is 387 g/mol. The highest BCUT2D eigenvalue weighted by atomic mass is 127. The molecule has 1 heterocycles. The van der Waals surface area contributed by atoms with Crippen LogP contribution < -0.4 is 0 Å². The molecule has 1 aliphatic carbocycles. The number of alkyl halides is 1. The van der Waals surface area contributed by atoms with Crippen LogP contribution in [0.25, 0.3) is 5.70 Å². The van der Waals surface area contributed by atoms with E-state index in [1.807, 2.05) is 0 Å². The Kier molecular flexibility index (Phi) is 3.49. The normalized spacial score (nSPS) is 20.0. The average Bonchev–Trinajstić information content (AvgIpc) is 2.93. The SMILES string of the molecule is ICC1C=C(N2CCc3ccccc3C2)c2ccccc21. The molecule has 2 aliphatic rings. The lowest BCUT2D eigenvalue weighted by molar-refractivity contribution is 0.373. The van der Waals surface area contributed by atoms with E-state index in [0.717, 1.165) is 23.9 Å². The summed E-state index contributed by atoms with van der Waals surface area (Å²) < 4.78 is 1.16. The number of hydrogen-bond acceptors (Lipinski definition) is 1. The largest absolute Gasteiger partial charge is 0.367 e. The highest BCUT2D eigenvalue weighted by molar-refractivity contribution is 14.1. The van der Waals surface area contributed by atoms with Gasteiger partial charge in [-0.1, -0.05) is 77.2 Å². The summed E-state index contributed by atoms with van der Waals surface area (Å²) in [4.78, 5) is 2.56. The molecule has 0 spiro atoms. The fourth-order valence-electron chi connectivity index (χ4n) is 3.53. The van der Waals surface area contributed by atoms with Crippen LogP contribution in [0, 0.1) is 0 Å². The molecule has 0 fully saturated rings. The van der Waals surface area contributed by atoms with Crippen molar-refractivity contribution >= 4 is 28.3 Å². The molecule has 0 saturated heterocycles. The van der Waals surface area contributed by atoms with Gasteiger partial charge in [-0.15, -0.1) is 0 Å². The summed E-state index contributed by atoms with van der Waals surface area (Å²) in [6.45, 7) is 2.18. The quantitative estimate of drug-likeness (QED) is 0.537. The molecule has 2 heteroatoms. The molecule has 0 N–H and O–H groups in total. The second-order valence-corrected chi connectivity index (χ2v) is 6.72. The molecule has 21 heavy (non-hydrogen) atoms. The summed E-state index contributed by atoms with van der Waals surface area (Å²) in [6.07, 6.45) is 3.63. The van der Waals surface area contributed by atoms with Gasteiger partial charge in [0.15, 0.2) is 0 Å². The minimum atomic E-state index is 0.578. The smallest absolute Gasteiger partial charge is 0.0432 e. The van der Waals surface area contributed by atoms with Gasteiger partial charge < -0.3 is 4.90 Å². The van der Waals surface area contributed by atoms with E-state index in [1.54, 1.807) is 0 Å². The van der Waals surface area contributed by atoms with Crippen molar-refractivity contribution in [2.45, 2.75) is 18.9 Å². The van der Waals surface area contributed by atoms with E-state index in [4.69, 9.17) is 0 Å². The number of nitrogens with zero attached hydrogens (tertiary/aromatic N) is 1. The molecule has 0 saturated carbocycles. The predicted molar refractivity (Wildman–Crippen MR) is 96.6 cm³/mol. The Bertz CT molecular complexity index is 704. The molecule has 4 rings (SSSR count). The Morgan fingerprint density at radius 3 is 2.62 bits per heavy atom. The Balaban J connectivity index is 1.69. The third-order valence-corrected chi connectivity index (χ3v) is 5.58. The standard InChI is InChI=1S/C19H18IN/c20-12-16-11-19(18-8-4-3-7-17(16)18)21-10-9-14-5-1-2-6-15(14)13-21/h1-8,11,16H,9-10,12-13H2. The molecule has 1 atom stereocenters. The predicted octanol–water partition coefficient (Wildman–Crippen LogP) is 4.62. The van der Waals surface area contributed by atoms with Crippen molar-refractivity contribution in [3.63, 3.8) is 0 Å². The number of halogens is 1. The van der Waals surface area contributed by atoms with Gasteiger partial charge >= 0.3 is 0 Å². The van der Waals surface area contributed by atoms with Crippen LogP contribution >= 0.6 is 22.6 Å². The second-order valence-electron chi connectivity index (χ2n) is 5.84. The number of fused-ring (bicyclic) bond motifs is 2. The van der Waals surface area contributed by atoms with Crippen molar-refractivity contribution in [2.24, 2.45) is 0 Å². The Hall–Kier alpha value is -1.29. The van der Waals surface area contributed by atoms with Crippen molar-refractivity contribution in [1.82, 2.24) is 4.90 Å². The lowest BCUT2D eigenvalue weighted by atomic mass is 9.98. The second kappa shape index (κ2) is 5.48. The summed E-state index contributed by atoms with van der Waals surface area (Å²) in [5, 5.41) is 0.